The molecule has 0 unspecified atom stereocenters. The van der Waals surface area contributed by atoms with Gasteiger partial charge in [-0.05, 0) is 49.4 Å². The summed E-state index contributed by atoms with van der Waals surface area (Å²) in [6.07, 6.45) is -0.612. The molecule has 0 aromatic heterocycles. The van der Waals surface area contributed by atoms with Gasteiger partial charge in [-0.15, -0.1) is 0 Å². The molecular weight excluding hydrogens is 375 g/mol. The third-order valence-corrected chi connectivity index (χ3v) is 4.79. The van der Waals surface area contributed by atoms with Crippen LogP contribution in [0.5, 0.6) is 0 Å². The number of nitrogens with one attached hydrogen (secondary N) is 2. The van der Waals surface area contributed by atoms with Crippen LogP contribution in [0.1, 0.15) is 6.92 Å². The van der Waals surface area contributed by atoms with Crippen molar-refractivity contribution in [3.8, 4) is 0 Å². The van der Waals surface area contributed by atoms with Crippen molar-refractivity contribution in [2.75, 3.05) is 16.6 Å². The van der Waals surface area contributed by atoms with Gasteiger partial charge < -0.3 is 4.74 Å². The van der Waals surface area contributed by atoms with Crippen LogP contribution in [0.25, 0.3) is 0 Å². The molecular formula is C15H14Cl2N2O4S. The number of hydrogen-bond acceptors (Lipinski definition) is 4. The van der Waals surface area contributed by atoms with Gasteiger partial charge in [0, 0.05) is 10.7 Å². The molecule has 2 rings (SSSR count). The molecule has 24 heavy (non-hydrogen) atoms. The standard InChI is InChI=1S/C15H14Cl2N2O4S/c1-2-23-15(20)18-11-4-6-12(7-5-11)24(21,22)19-14-8-3-10(16)9-13(14)17/h3-9,19H,2H2,1H3,(H,18,20). The van der Waals surface area contributed by atoms with Crippen molar-refractivity contribution in [1.82, 2.24) is 0 Å². The second-order valence-corrected chi connectivity index (χ2v) is 7.13. The second-order valence-electron chi connectivity index (χ2n) is 4.60. The van der Waals surface area contributed by atoms with Gasteiger partial charge >= 0.3 is 6.09 Å². The second kappa shape index (κ2) is 7.74. The molecule has 9 heteroatoms. The zero-order valence-electron chi connectivity index (χ0n) is 12.5. The molecule has 0 aliphatic heterocycles. The van der Waals surface area contributed by atoms with E-state index in [4.69, 9.17) is 27.9 Å². The molecule has 6 nitrogen and oxygen atoms in total. The zero-order valence-corrected chi connectivity index (χ0v) is 14.9. The van der Waals surface area contributed by atoms with Gasteiger partial charge in [-0.1, -0.05) is 23.2 Å². The Morgan fingerprint density at radius 1 is 1.12 bits per heavy atom. The van der Waals surface area contributed by atoms with E-state index in [1.807, 2.05) is 0 Å². The molecule has 2 N–H and O–H groups in total. The van der Waals surface area contributed by atoms with Gasteiger partial charge in [-0.3, -0.25) is 10.0 Å². The summed E-state index contributed by atoms with van der Waals surface area (Å²) in [6.45, 7) is 1.92. The quantitative estimate of drug-likeness (QED) is 0.796. The number of anilines is 2. The number of halogens is 2. The number of carbonyl (C=O) groups is 1. The summed E-state index contributed by atoms with van der Waals surface area (Å²) in [5, 5.41) is 3.06. The molecule has 0 aliphatic rings. The van der Waals surface area contributed by atoms with Crippen molar-refractivity contribution in [3.63, 3.8) is 0 Å². The fraction of sp³-hybridized carbons (Fsp3) is 0.133. The van der Waals surface area contributed by atoms with Crippen molar-refractivity contribution in [3.05, 3.63) is 52.5 Å². The topological polar surface area (TPSA) is 84.5 Å². The molecule has 2 aromatic rings. The van der Waals surface area contributed by atoms with Crippen molar-refractivity contribution in [2.24, 2.45) is 0 Å². The predicted octanol–water partition coefficient (Wildman–Crippen LogP) is 4.36. The first-order chi connectivity index (χ1) is 11.3. The van der Waals surface area contributed by atoms with Gasteiger partial charge in [-0.2, -0.15) is 0 Å². The first kappa shape index (κ1) is 18.4. The molecule has 128 valence electrons. The molecule has 0 saturated heterocycles. The van der Waals surface area contributed by atoms with Crippen LogP contribution >= 0.6 is 23.2 Å². The van der Waals surface area contributed by atoms with Gasteiger partial charge in [0.2, 0.25) is 0 Å². The van der Waals surface area contributed by atoms with Gasteiger partial charge in [0.25, 0.3) is 10.0 Å². The van der Waals surface area contributed by atoms with Crippen molar-refractivity contribution >= 4 is 50.7 Å². The number of carbonyl (C=O) groups excluding carboxylic acids is 1. The van der Waals surface area contributed by atoms with E-state index in [2.05, 4.69) is 10.0 Å². The van der Waals surface area contributed by atoms with Gasteiger partial charge in [0.15, 0.2) is 0 Å². The van der Waals surface area contributed by atoms with Crippen LogP contribution in [-0.2, 0) is 14.8 Å². The highest BCUT2D eigenvalue weighted by molar-refractivity contribution is 7.92. The summed E-state index contributed by atoms with van der Waals surface area (Å²) in [7, 11) is -3.83. The van der Waals surface area contributed by atoms with Gasteiger partial charge in [0.05, 0.1) is 22.2 Å². The van der Waals surface area contributed by atoms with E-state index in [1.54, 1.807) is 6.92 Å². The number of amides is 1. The number of ether oxygens (including phenoxy) is 1. The molecule has 0 heterocycles. The molecule has 2 aromatic carbocycles. The number of sulfonamides is 1. The Balaban J connectivity index is 2.16. The summed E-state index contributed by atoms with van der Waals surface area (Å²) in [6, 6.07) is 10.1. The highest BCUT2D eigenvalue weighted by Gasteiger charge is 2.16. The maximum atomic E-state index is 12.4. The molecule has 0 atom stereocenters. The Morgan fingerprint density at radius 2 is 1.79 bits per heavy atom. The van der Waals surface area contributed by atoms with E-state index in [0.29, 0.717) is 10.7 Å². The van der Waals surface area contributed by atoms with E-state index in [0.717, 1.165) is 0 Å². The Morgan fingerprint density at radius 3 is 2.38 bits per heavy atom. The Labute approximate surface area is 149 Å². The fourth-order valence-corrected chi connectivity index (χ4v) is 3.37. The minimum atomic E-state index is -3.83. The van der Waals surface area contributed by atoms with Gasteiger partial charge in [-0.25, -0.2) is 13.2 Å². The third kappa shape index (κ3) is 4.77. The SMILES string of the molecule is CCOC(=O)Nc1ccc(S(=O)(=O)Nc2ccc(Cl)cc2Cl)cc1. The van der Waals surface area contributed by atoms with E-state index >= 15 is 0 Å². The first-order valence-electron chi connectivity index (χ1n) is 6.83. The van der Waals surface area contributed by atoms with Crippen LogP contribution in [0, 0.1) is 0 Å². The summed E-state index contributed by atoms with van der Waals surface area (Å²) in [4.78, 5) is 11.3. The molecule has 0 saturated carbocycles. The van der Waals surface area contributed by atoms with Gasteiger partial charge in [0.1, 0.15) is 0 Å². The smallest absolute Gasteiger partial charge is 0.411 e. The van der Waals surface area contributed by atoms with E-state index < -0.39 is 16.1 Å². The van der Waals surface area contributed by atoms with Crippen LogP contribution in [0.4, 0.5) is 16.2 Å². The average Bonchev–Trinajstić information content (AvgIpc) is 2.51. The normalized spacial score (nSPS) is 11.0. The highest BCUT2D eigenvalue weighted by Crippen LogP contribution is 2.27. The average molecular weight is 389 g/mol. The number of benzene rings is 2. The maximum absolute atomic E-state index is 12.4. The van der Waals surface area contributed by atoms with E-state index in [1.165, 1.54) is 42.5 Å². The van der Waals surface area contributed by atoms with Crippen molar-refractivity contribution in [2.45, 2.75) is 11.8 Å². The highest BCUT2D eigenvalue weighted by atomic mass is 35.5. The van der Waals surface area contributed by atoms with Crippen LogP contribution in [0.2, 0.25) is 10.0 Å². The minimum absolute atomic E-state index is 0.0166. The molecule has 0 spiro atoms. The lowest BCUT2D eigenvalue weighted by molar-refractivity contribution is 0.168. The molecule has 0 fully saturated rings. The van der Waals surface area contributed by atoms with Crippen LogP contribution < -0.4 is 10.0 Å². The monoisotopic (exact) mass is 388 g/mol. The Hall–Kier alpha value is -1.96. The zero-order chi connectivity index (χ0) is 17.7. The third-order valence-electron chi connectivity index (χ3n) is 2.86. The number of rotatable bonds is 5. The number of hydrogen-bond donors (Lipinski definition) is 2. The fourth-order valence-electron chi connectivity index (χ4n) is 1.78. The summed E-state index contributed by atoms with van der Waals surface area (Å²) < 4.78 is 31.8. The minimum Gasteiger partial charge on any atom is -0.450 e. The first-order valence-corrected chi connectivity index (χ1v) is 9.07. The Bertz CT molecular complexity index is 839. The summed E-state index contributed by atoms with van der Waals surface area (Å²) >= 11 is 11.7. The van der Waals surface area contributed by atoms with Crippen LogP contribution in [-0.4, -0.2) is 21.1 Å². The maximum Gasteiger partial charge on any atom is 0.411 e. The lowest BCUT2D eigenvalue weighted by Crippen LogP contribution is -2.15. The molecule has 1 amide bonds. The lowest BCUT2D eigenvalue weighted by atomic mass is 10.3. The van der Waals surface area contributed by atoms with Crippen LogP contribution in [0.15, 0.2) is 47.4 Å². The Kier molecular flexibility index (Phi) is 5.93. The largest absolute Gasteiger partial charge is 0.450 e. The van der Waals surface area contributed by atoms with Crippen molar-refractivity contribution in [1.29, 1.82) is 0 Å². The molecule has 0 bridgehead atoms. The predicted molar refractivity (Wildman–Crippen MR) is 94.4 cm³/mol. The lowest BCUT2D eigenvalue weighted by Gasteiger charge is -2.11. The summed E-state index contributed by atoms with van der Waals surface area (Å²) in [5.74, 6) is 0. The summed E-state index contributed by atoms with van der Waals surface area (Å²) in [5.41, 5.74) is 0.631. The van der Waals surface area contributed by atoms with Crippen LogP contribution in [0.3, 0.4) is 0 Å². The van der Waals surface area contributed by atoms with E-state index in [-0.39, 0.29) is 22.2 Å². The van der Waals surface area contributed by atoms with E-state index in [9.17, 15) is 13.2 Å². The molecule has 0 radical (unpaired) electrons. The molecule has 0 aliphatic carbocycles. The van der Waals surface area contributed by atoms with Crippen molar-refractivity contribution < 1.29 is 17.9 Å².